The lowest BCUT2D eigenvalue weighted by atomic mass is 10.1. The molecule has 2 heterocycles. The number of carbonyl (C=O) groups excluding carboxylic acids is 3. The minimum Gasteiger partial charge on any atom is -0.340 e. The van der Waals surface area contributed by atoms with Crippen LogP contribution in [0.5, 0.6) is 0 Å². The molecule has 7 heteroatoms. The number of benzene rings is 1. The van der Waals surface area contributed by atoms with Crippen LogP contribution in [0.4, 0.5) is 0 Å². The van der Waals surface area contributed by atoms with E-state index in [1.165, 1.54) is 16.9 Å². The zero-order valence-electron chi connectivity index (χ0n) is 16.2. The first-order chi connectivity index (χ1) is 13.5. The molecule has 1 N–H and O–H groups in total. The van der Waals surface area contributed by atoms with Gasteiger partial charge in [-0.1, -0.05) is 25.1 Å². The highest BCUT2D eigenvalue weighted by Crippen LogP contribution is 2.12. The molecule has 0 spiro atoms. The van der Waals surface area contributed by atoms with Crippen molar-refractivity contribution in [3.8, 4) is 0 Å². The second kappa shape index (κ2) is 9.01. The number of piperazine rings is 1. The summed E-state index contributed by atoms with van der Waals surface area (Å²) in [7, 11) is 0. The van der Waals surface area contributed by atoms with Gasteiger partial charge in [0, 0.05) is 31.7 Å². The Hall–Kier alpha value is -2.67. The van der Waals surface area contributed by atoms with E-state index in [4.69, 9.17) is 0 Å². The number of aryl methyl sites for hydroxylation is 1. The average Bonchev–Trinajstić information content (AvgIpc) is 3.28. The van der Waals surface area contributed by atoms with Gasteiger partial charge in [-0.2, -0.15) is 0 Å². The minimum absolute atomic E-state index is 0.00574. The van der Waals surface area contributed by atoms with Crippen molar-refractivity contribution in [2.24, 2.45) is 0 Å². The van der Waals surface area contributed by atoms with Crippen LogP contribution in [0.3, 0.4) is 0 Å². The summed E-state index contributed by atoms with van der Waals surface area (Å²) in [5, 5.41) is 4.58. The summed E-state index contributed by atoms with van der Waals surface area (Å²) in [5.41, 5.74) is 1.87. The molecule has 3 amide bonds. The second-order valence-corrected chi connectivity index (χ2v) is 7.79. The van der Waals surface area contributed by atoms with Crippen LogP contribution in [0.15, 0.2) is 41.8 Å². The lowest BCUT2D eigenvalue weighted by molar-refractivity contribution is -0.134. The van der Waals surface area contributed by atoms with Crippen molar-refractivity contribution < 1.29 is 14.4 Å². The van der Waals surface area contributed by atoms with Crippen LogP contribution in [0.25, 0.3) is 0 Å². The molecule has 28 heavy (non-hydrogen) atoms. The van der Waals surface area contributed by atoms with E-state index in [0.29, 0.717) is 36.6 Å². The van der Waals surface area contributed by atoms with Crippen molar-refractivity contribution >= 4 is 29.1 Å². The van der Waals surface area contributed by atoms with Gasteiger partial charge in [-0.25, -0.2) is 0 Å². The summed E-state index contributed by atoms with van der Waals surface area (Å²) >= 11 is 1.34. The highest BCUT2D eigenvalue weighted by Gasteiger charge is 2.28. The molecule has 1 aliphatic heterocycles. The fourth-order valence-corrected chi connectivity index (χ4v) is 3.83. The molecule has 1 aromatic carbocycles. The van der Waals surface area contributed by atoms with Gasteiger partial charge in [-0.3, -0.25) is 14.4 Å². The molecule has 2 aromatic rings. The number of hydrogen-bond donors (Lipinski definition) is 1. The van der Waals surface area contributed by atoms with E-state index in [1.807, 2.05) is 29.6 Å². The summed E-state index contributed by atoms with van der Waals surface area (Å²) in [6.07, 6.45) is 0.941. The summed E-state index contributed by atoms with van der Waals surface area (Å²) in [6, 6.07) is 10.6. The van der Waals surface area contributed by atoms with Gasteiger partial charge >= 0.3 is 0 Å². The molecule has 1 saturated heterocycles. The highest BCUT2D eigenvalue weighted by molar-refractivity contribution is 7.12. The first-order valence-electron chi connectivity index (χ1n) is 9.51. The lowest BCUT2D eigenvalue weighted by Crippen LogP contribution is -2.55. The molecule has 0 bridgehead atoms. The maximum absolute atomic E-state index is 12.7. The van der Waals surface area contributed by atoms with E-state index < -0.39 is 6.04 Å². The molecule has 148 valence electrons. The average molecular weight is 400 g/mol. The number of rotatable bonds is 5. The molecule has 0 radical (unpaired) electrons. The van der Waals surface area contributed by atoms with Gasteiger partial charge < -0.3 is 15.1 Å². The molecule has 1 aromatic heterocycles. The van der Waals surface area contributed by atoms with Crippen LogP contribution in [0, 0.1) is 0 Å². The number of nitrogens with zero attached hydrogens (tertiary/aromatic N) is 2. The van der Waals surface area contributed by atoms with Gasteiger partial charge in [-0.15, -0.1) is 11.3 Å². The second-order valence-electron chi connectivity index (χ2n) is 6.84. The van der Waals surface area contributed by atoms with Gasteiger partial charge in [0.15, 0.2) is 0 Å². The molecule has 1 aliphatic rings. The molecular formula is C21H25N3O3S. The van der Waals surface area contributed by atoms with Crippen molar-refractivity contribution in [1.82, 2.24) is 15.1 Å². The van der Waals surface area contributed by atoms with Gasteiger partial charge in [-0.05, 0) is 42.5 Å². The SMILES string of the molecule is CCc1ccc(C(=O)N2CCN(C(=O)C(C)NC(=O)c3cccs3)CC2)cc1. The van der Waals surface area contributed by atoms with Gasteiger partial charge in [0.05, 0.1) is 4.88 Å². The quantitative estimate of drug-likeness (QED) is 0.839. The fraction of sp³-hybridized carbons (Fsp3) is 0.381. The lowest BCUT2D eigenvalue weighted by Gasteiger charge is -2.36. The Bertz CT molecular complexity index is 825. The van der Waals surface area contributed by atoms with Crippen LogP contribution in [0.2, 0.25) is 0 Å². The number of hydrogen-bond acceptors (Lipinski definition) is 4. The normalized spacial score (nSPS) is 15.2. The summed E-state index contributed by atoms with van der Waals surface area (Å²) in [5.74, 6) is -0.363. The van der Waals surface area contributed by atoms with Crippen LogP contribution < -0.4 is 5.32 Å². The topological polar surface area (TPSA) is 69.7 Å². The fourth-order valence-electron chi connectivity index (χ4n) is 3.21. The first kappa shape index (κ1) is 20.1. The predicted molar refractivity (Wildman–Crippen MR) is 110 cm³/mol. The maximum Gasteiger partial charge on any atom is 0.261 e. The minimum atomic E-state index is -0.599. The zero-order valence-corrected chi connectivity index (χ0v) is 17.0. The van der Waals surface area contributed by atoms with Crippen LogP contribution in [-0.2, 0) is 11.2 Å². The van der Waals surface area contributed by atoms with Gasteiger partial charge in [0.2, 0.25) is 5.91 Å². The van der Waals surface area contributed by atoms with Crippen LogP contribution >= 0.6 is 11.3 Å². The van der Waals surface area contributed by atoms with Gasteiger partial charge in [0.25, 0.3) is 11.8 Å². The predicted octanol–water partition coefficient (Wildman–Crippen LogP) is 2.41. The largest absolute Gasteiger partial charge is 0.340 e. The standard InChI is InChI=1S/C21H25N3O3S/c1-3-16-6-8-17(9-7-16)21(27)24-12-10-23(11-13-24)20(26)15(2)22-19(25)18-5-4-14-28-18/h4-9,14-15H,3,10-13H2,1-2H3,(H,22,25). The first-order valence-corrected chi connectivity index (χ1v) is 10.4. The summed E-state index contributed by atoms with van der Waals surface area (Å²) in [6.45, 7) is 5.70. The Morgan fingerprint density at radius 1 is 1.04 bits per heavy atom. The molecule has 1 unspecified atom stereocenters. The summed E-state index contributed by atoms with van der Waals surface area (Å²) < 4.78 is 0. The van der Waals surface area contributed by atoms with Gasteiger partial charge in [0.1, 0.15) is 6.04 Å². The van der Waals surface area contributed by atoms with Crippen molar-refractivity contribution in [2.75, 3.05) is 26.2 Å². The monoisotopic (exact) mass is 399 g/mol. The van der Waals surface area contributed by atoms with E-state index in [1.54, 1.807) is 28.9 Å². The smallest absolute Gasteiger partial charge is 0.261 e. The Morgan fingerprint density at radius 2 is 1.68 bits per heavy atom. The van der Waals surface area contributed by atoms with Crippen molar-refractivity contribution in [3.05, 3.63) is 57.8 Å². The Labute approximate surface area is 169 Å². The van der Waals surface area contributed by atoms with Crippen molar-refractivity contribution in [2.45, 2.75) is 26.3 Å². The molecule has 3 rings (SSSR count). The number of nitrogens with one attached hydrogen (secondary N) is 1. The Morgan fingerprint density at radius 3 is 2.25 bits per heavy atom. The van der Waals surface area contributed by atoms with Crippen molar-refractivity contribution in [1.29, 1.82) is 0 Å². The van der Waals surface area contributed by atoms with E-state index in [9.17, 15) is 14.4 Å². The van der Waals surface area contributed by atoms with E-state index in [0.717, 1.165) is 6.42 Å². The zero-order chi connectivity index (χ0) is 20.1. The molecule has 6 nitrogen and oxygen atoms in total. The third-order valence-corrected chi connectivity index (χ3v) is 5.82. The third kappa shape index (κ3) is 4.59. The van der Waals surface area contributed by atoms with E-state index in [2.05, 4.69) is 12.2 Å². The molecular weight excluding hydrogens is 374 g/mol. The van der Waals surface area contributed by atoms with Crippen LogP contribution in [0.1, 0.15) is 39.4 Å². The van der Waals surface area contributed by atoms with Crippen molar-refractivity contribution in [3.63, 3.8) is 0 Å². The molecule has 1 fully saturated rings. The van der Waals surface area contributed by atoms with Crippen LogP contribution in [-0.4, -0.2) is 59.7 Å². The Balaban J connectivity index is 1.51. The van der Waals surface area contributed by atoms with E-state index >= 15 is 0 Å². The number of carbonyl (C=O) groups is 3. The van der Waals surface area contributed by atoms with E-state index in [-0.39, 0.29) is 17.7 Å². The summed E-state index contributed by atoms with van der Waals surface area (Å²) in [4.78, 5) is 41.5. The Kier molecular flexibility index (Phi) is 6.46. The maximum atomic E-state index is 12.7. The molecule has 0 saturated carbocycles. The molecule has 1 atom stereocenters. The highest BCUT2D eigenvalue weighted by atomic mass is 32.1. The molecule has 0 aliphatic carbocycles. The number of thiophene rings is 1. The third-order valence-electron chi connectivity index (χ3n) is 4.95. The number of amides is 3.